The number of hydrazine groups is 1. The SMILES string of the molecule is N#Cc1ccn2nc(Cl)c(C=CN(N)S(=O)(=O)c3cccc([N+](=O)[O-])c3)c2c1. The average molecular weight is 419 g/mol. The number of benzene rings is 1. The number of aromatic nitrogens is 2. The van der Waals surface area contributed by atoms with Gasteiger partial charge in [-0.1, -0.05) is 17.7 Å². The lowest BCUT2D eigenvalue weighted by atomic mass is 10.2. The number of nitrogens with two attached hydrogens (primary N) is 1. The highest BCUT2D eigenvalue weighted by molar-refractivity contribution is 7.89. The number of non-ortho nitro benzene ring substituents is 1. The van der Waals surface area contributed by atoms with Crippen molar-refractivity contribution in [3.8, 4) is 6.07 Å². The summed E-state index contributed by atoms with van der Waals surface area (Å²) in [6.07, 6.45) is 3.90. The summed E-state index contributed by atoms with van der Waals surface area (Å²) in [7, 11) is -4.23. The molecule has 0 spiro atoms. The molecule has 0 radical (unpaired) electrons. The lowest BCUT2D eigenvalue weighted by Crippen LogP contribution is -2.32. The van der Waals surface area contributed by atoms with E-state index in [0.717, 1.165) is 12.3 Å². The Kier molecular flexibility index (Phi) is 5.02. The normalized spacial score (nSPS) is 11.6. The molecule has 0 aliphatic carbocycles. The molecular formula is C16H11ClN6O4S. The van der Waals surface area contributed by atoms with Crippen LogP contribution in [0, 0.1) is 21.4 Å². The number of fused-ring (bicyclic) bond motifs is 1. The van der Waals surface area contributed by atoms with Crippen LogP contribution in [0.3, 0.4) is 0 Å². The topological polar surface area (TPSA) is 148 Å². The number of sulfonamides is 1. The number of halogens is 1. The summed E-state index contributed by atoms with van der Waals surface area (Å²) in [5.74, 6) is 5.64. The zero-order chi connectivity index (χ0) is 20.5. The average Bonchev–Trinajstić information content (AvgIpc) is 3.00. The van der Waals surface area contributed by atoms with Crippen LogP contribution < -0.4 is 5.84 Å². The third kappa shape index (κ3) is 3.52. The quantitative estimate of drug-likeness (QED) is 0.379. The third-order valence-electron chi connectivity index (χ3n) is 3.75. The van der Waals surface area contributed by atoms with E-state index in [1.807, 2.05) is 6.07 Å². The molecule has 142 valence electrons. The summed E-state index contributed by atoms with van der Waals surface area (Å²) in [6.45, 7) is 0. The predicted octanol–water partition coefficient (Wildman–Crippen LogP) is 2.30. The van der Waals surface area contributed by atoms with Crippen LogP contribution >= 0.6 is 11.6 Å². The largest absolute Gasteiger partial charge is 0.277 e. The van der Waals surface area contributed by atoms with Gasteiger partial charge in [0.05, 0.1) is 27.0 Å². The van der Waals surface area contributed by atoms with E-state index >= 15 is 0 Å². The van der Waals surface area contributed by atoms with Crippen LogP contribution in [-0.2, 0) is 10.0 Å². The van der Waals surface area contributed by atoms with Gasteiger partial charge in [-0.2, -0.15) is 18.8 Å². The van der Waals surface area contributed by atoms with Gasteiger partial charge in [0.2, 0.25) is 0 Å². The van der Waals surface area contributed by atoms with E-state index in [0.29, 0.717) is 21.1 Å². The molecule has 0 aliphatic rings. The van der Waals surface area contributed by atoms with Crippen molar-refractivity contribution in [1.29, 1.82) is 5.26 Å². The summed E-state index contributed by atoms with van der Waals surface area (Å²) in [6, 6.07) is 9.58. The Balaban J connectivity index is 1.97. The Morgan fingerprint density at radius 1 is 1.36 bits per heavy atom. The zero-order valence-corrected chi connectivity index (χ0v) is 15.5. The molecule has 3 rings (SSSR count). The first-order valence-corrected chi connectivity index (χ1v) is 9.35. The van der Waals surface area contributed by atoms with Gasteiger partial charge in [-0.15, -0.1) is 0 Å². The van der Waals surface area contributed by atoms with Crippen molar-refractivity contribution >= 4 is 38.9 Å². The van der Waals surface area contributed by atoms with Crippen molar-refractivity contribution in [1.82, 2.24) is 14.0 Å². The lowest BCUT2D eigenvalue weighted by molar-refractivity contribution is -0.385. The van der Waals surface area contributed by atoms with E-state index in [9.17, 15) is 18.5 Å². The second-order valence-electron chi connectivity index (χ2n) is 5.47. The van der Waals surface area contributed by atoms with Gasteiger partial charge in [0, 0.05) is 30.1 Å². The molecule has 0 fully saturated rings. The number of hydrogen-bond donors (Lipinski definition) is 1. The van der Waals surface area contributed by atoms with Crippen molar-refractivity contribution in [3.05, 3.63) is 75.2 Å². The van der Waals surface area contributed by atoms with Gasteiger partial charge in [0.25, 0.3) is 15.7 Å². The molecule has 12 heteroatoms. The van der Waals surface area contributed by atoms with E-state index in [4.69, 9.17) is 22.7 Å². The van der Waals surface area contributed by atoms with E-state index in [-0.39, 0.29) is 15.7 Å². The van der Waals surface area contributed by atoms with Crippen LogP contribution in [0.15, 0.2) is 53.7 Å². The second-order valence-corrected chi connectivity index (χ2v) is 7.67. The van der Waals surface area contributed by atoms with E-state index < -0.39 is 14.9 Å². The molecule has 1 aromatic carbocycles. The maximum atomic E-state index is 12.5. The van der Waals surface area contributed by atoms with Crippen LogP contribution in [0.1, 0.15) is 11.1 Å². The molecule has 0 aliphatic heterocycles. The molecule has 0 unspecified atom stereocenters. The molecule has 0 saturated carbocycles. The fourth-order valence-corrected chi connectivity index (χ4v) is 3.59. The predicted molar refractivity (Wildman–Crippen MR) is 100 cm³/mol. The van der Waals surface area contributed by atoms with Gasteiger partial charge in [-0.25, -0.2) is 14.8 Å². The standard InChI is InChI=1S/C16H11ClN6O4S/c17-16-14(15-8-11(10-18)4-6-21(15)20-16)5-7-22(19)28(26,27)13-3-1-2-12(9-13)23(24)25/h1-9H,19H2. The molecule has 0 saturated heterocycles. The molecular weight excluding hydrogens is 408 g/mol. The molecule has 0 amide bonds. The number of pyridine rings is 1. The van der Waals surface area contributed by atoms with Gasteiger partial charge >= 0.3 is 0 Å². The van der Waals surface area contributed by atoms with Gasteiger partial charge < -0.3 is 0 Å². The van der Waals surface area contributed by atoms with Crippen LogP contribution in [0.5, 0.6) is 0 Å². The minimum absolute atomic E-state index is 0.0764. The number of hydrogen-bond acceptors (Lipinski definition) is 7. The highest BCUT2D eigenvalue weighted by Gasteiger charge is 2.21. The third-order valence-corrected chi connectivity index (χ3v) is 5.55. The van der Waals surface area contributed by atoms with Crippen molar-refractivity contribution < 1.29 is 13.3 Å². The number of nitro benzene ring substituents is 1. The van der Waals surface area contributed by atoms with Gasteiger partial charge in [-0.3, -0.25) is 10.1 Å². The fraction of sp³-hybridized carbons (Fsp3) is 0. The van der Waals surface area contributed by atoms with Crippen molar-refractivity contribution in [3.63, 3.8) is 0 Å². The van der Waals surface area contributed by atoms with Crippen LogP contribution in [0.4, 0.5) is 5.69 Å². The summed E-state index contributed by atoms with van der Waals surface area (Å²) in [5.41, 5.74) is 0.811. The first-order chi connectivity index (χ1) is 13.2. The highest BCUT2D eigenvalue weighted by atomic mass is 35.5. The minimum atomic E-state index is -4.23. The number of rotatable bonds is 5. The fourth-order valence-electron chi connectivity index (χ4n) is 2.37. The monoisotopic (exact) mass is 418 g/mol. The molecule has 2 aromatic heterocycles. The van der Waals surface area contributed by atoms with E-state index in [1.54, 1.807) is 6.07 Å². The summed E-state index contributed by atoms with van der Waals surface area (Å²) in [5, 5.41) is 24.0. The van der Waals surface area contributed by atoms with Gasteiger partial charge in [-0.05, 0) is 24.3 Å². The van der Waals surface area contributed by atoms with Crippen LogP contribution in [0.2, 0.25) is 5.15 Å². The molecule has 2 heterocycles. The lowest BCUT2D eigenvalue weighted by Gasteiger charge is -2.14. The summed E-state index contributed by atoms with van der Waals surface area (Å²) in [4.78, 5) is 9.80. The number of nitriles is 1. The Morgan fingerprint density at radius 3 is 2.79 bits per heavy atom. The molecule has 0 atom stereocenters. The molecule has 28 heavy (non-hydrogen) atoms. The van der Waals surface area contributed by atoms with Gasteiger partial charge in [0.15, 0.2) is 5.15 Å². The van der Waals surface area contributed by atoms with Crippen molar-refractivity contribution in [2.24, 2.45) is 5.84 Å². The second kappa shape index (κ2) is 7.28. The van der Waals surface area contributed by atoms with E-state index in [2.05, 4.69) is 5.10 Å². The molecule has 3 aromatic rings. The van der Waals surface area contributed by atoms with Crippen molar-refractivity contribution in [2.75, 3.05) is 0 Å². The first kappa shape index (κ1) is 19.3. The summed E-state index contributed by atoms with van der Waals surface area (Å²) >= 11 is 6.08. The maximum Gasteiger partial charge on any atom is 0.277 e. The Morgan fingerprint density at radius 2 is 2.11 bits per heavy atom. The Bertz CT molecular complexity index is 1260. The maximum absolute atomic E-state index is 12.5. The van der Waals surface area contributed by atoms with Crippen molar-refractivity contribution in [2.45, 2.75) is 4.90 Å². The van der Waals surface area contributed by atoms with Crippen LogP contribution in [0.25, 0.3) is 11.6 Å². The molecule has 10 nitrogen and oxygen atoms in total. The minimum Gasteiger partial charge on any atom is -0.258 e. The molecule has 2 N–H and O–H groups in total. The molecule has 0 bridgehead atoms. The Labute approximate surface area is 163 Å². The number of nitrogens with zero attached hydrogens (tertiary/aromatic N) is 5. The summed E-state index contributed by atoms with van der Waals surface area (Å²) < 4.78 is 26.9. The van der Waals surface area contributed by atoms with Gasteiger partial charge in [0.1, 0.15) is 0 Å². The highest BCUT2D eigenvalue weighted by Crippen LogP contribution is 2.24. The zero-order valence-electron chi connectivity index (χ0n) is 13.9. The Hall–Kier alpha value is -3.46. The number of nitro groups is 1. The van der Waals surface area contributed by atoms with Crippen LogP contribution in [-0.4, -0.2) is 27.4 Å². The first-order valence-electron chi connectivity index (χ1n) is 7.54. The smallest absolute Gasteiger partial charge is 0.258 e. The van der Waals surface area contributed by atoms with E-state index in [1.165, 1.54) is 41.1 Å².